The van der Waals surface area contributed by atoms with Gasteiger partial charge < -0.3 is 14.4 Å². The van der Waals surface area contributed by atoms with Crippen molar-refractivity contribution in [3.05, 3.63) is 0 Å². The zero-order chi connectivity index (χ0) is 16.1. The van der Waals surface area contributed by atoms with Gasteiger partial charge in [-0.1, -0.05) is 26.2 Å². The predicted molar refractivity (Wildman–Crippen MR) is 78.6 cm³/mol. The fraction of sp³-hybridized carbons (Fsp3) is 0.800. The van der Waals surface area contributed by atoms with Gasteiger partial charge >= 0.3 is 11.9 Å². The van der Waals surface area contributed by atoms with E-state index in [9.17, 15) is 14.4 Å². The molecule has 6 nitrogen and oxygen atoms in total. The van der Waals surface area contributed by atoms with Crippen molar-refractivity contribution in [2.24, 2.45) is 0 Å². The maximum Gasteiger partial charge on any atom is 0.325 e. The van der Waals surface area contributed by atoms with Crippen LogP contribution in [0.15, 0.2) is 0 Å². The monoisotopic (exact) mass is 301 g/mol. The normalized spacial score (nSPS) is 10.0. The van der Waals surface area contributed by atoms with Crippen molar-refractivity contribution in [2.75, 3.05) is 26.3 Å². The number of hydrogen-bond acceptors (Lipinski definition) is 5. The third-order valence-corrected chi connectivity index (χ3v) is 2.86. The first-order valence-electron chi connectivity index (χ1n) is 7.64. The van der Waals surface area contributed by atoms with E-state index in [1.54, 1.807) is 13.8 Å². The van der Waals surface area contributed by atoms with Gasteiger partial charge in [-0.15, -0.1) is 0 Å². The summed E-state index contributed by atoms with van der Waals surface area (Å²) in [4.78, 5) is 36.3. The first-order chi connectivity index (χ1) is 10.0. The first kappa shape index (κ1) is 19.4. The van der Waals surface area contributed by atoms with Crippen LogP contribution >= 0.6 is 0 Å². The topological polar surface area (TPSA) is 72.9 Å². The number of esters is 2. The summed E-state index contributed by atoms with van der Waals surface area (Å²) < 4.78 is 9.61. The van der Waals surface area contributed by atoms with Gasteiger partial charge in [0, 0.05) is 6.54 Å². The molecule has 0 aliphatic rings. The van der Waals surface area contributed by atoms with E-state index in [0.717, 1.165) is 25.7 Å². The maximum absolute atomic E-state index is 12.0. The minimum absolute atomic E-state index is 0.113. The van der Waals surface area contributed by atoms with Crippen LogP contribution in [-0.2, 0) is 23.9 Å². The molecular weight excluding hydrogens is 274 g/mol. The van der Waals surface area contributed by atoms with Crippen molar-refractivity contribution in [1.82, 2.24) is 4.90 Å². The van der Waals surface area contributed by atoms with E-state index in [1.807, 2.05) is 0 Å². The second-order valence-corrected chi connectivity index (χ2v) is 4.66. The molecule has 0 fully saturated rings. The molecule has 0 bridgehead atoms. The highest BCUT2D eigenvalue weighted by Gasteiger charge is 2.20. The van der Waals surface area contributed by atoms with Crippen LogP contribution in [-0.4, -0.2) is 49.0 Å². The number of nitrogens with zero attached hydrogens (tertiary/aromatic N) is 1. The quantitative estimate of drug-likeness (QED) is 0.331. The van der Waals surface area contributed by atoms with Crippen molar-refractivity contribution in [2.45, 2.75) is 52.9 Å². The molecule has 0 rings (SSSR count). The molecule has 0 aromatic heterocycles. The lowest BCUT2D eigenvalue weighted by molar-refractivity contribution is -0.153. The minimum Gasteiger partial charge on any atom is -0.466 e. The Morgan fingerprint density at radius 2 is 1.48 bits per heavy atom. The molecule has 0 aromatic rings. The molecule has 0 aromatic carbocycles. The molecule has 0 heterocycles. The van der Waals surface area contributed by atoms with Gasteiger partial charge in [-0.05, 0) is 20.3 Å². The van der Waals surface area contributed by atoms with Crippen molar-refractivity contribution >= 4 is 17.8 Å². The number of carbonyl (C=O) groups is 3. The van der Waals surface area contributed by atoms with E-state index in [2.05, 4.69) is 6.92 Å². The Labute approximate surface area is 126 Å². The fourth-order valence-electron chi connectivity index (χ4n) is 1.83. The van der Waals surface area contributed by atoms with Crippen molar-refractivity contribution in [3.63, 3.8) is 0 Å². The summed E-state index contributed by atoms with van der Waals surface area (Å²) in [5.74, 6) is -1.41. The van der Waals surface area contributed by atoms with Gasteiger partial charge in [0.05, 0.1) is 13.2 Å². The average molecular weight is 301 g/mol. The van der Waals surface area contributed by atoms with Crippen LogP contribution in [0.1, 0.15) is 52.9 Å². The number of rotatable bonds is 11. The molecule has 0 atom stereocenters. The van der Waals surface area contributed by atoms with E-state index >= 15 is 0 Å². The summed E-state index contributed by atoms with van der Waals surface area (Å²) in [5.41, 5.74) is 0. The summed E-state index contributed by atoms with van der Waals surface area (Å²) >= 11 is 0. The molecule has 0 N–H and O–H groups in total. The highest BCUT2D eigenvalue weighted by molar-refractivity contribution is 5.95. The van der Waals surface area contributed by atoms with Gasteiger partial charge in [0.1, 0.15) is 13.0 Å². The van der Waals surface area contributed by atoms with Crippen LogP contribution in [0.2, 0.25) is 0 Å². The van der Waals surface area contributed by atoms with Gasteiger partial charge in [-0.25, -0.2) is 0 Å². The molecule has 0 saturated heterocycles. The van der Waals surface area contributed by atoms with Crippen LogP contribution in [0.3, 0.4) is 0 Å². The maximum atomic E-state index is 12.0. The SMILES string of the molecule is CCCCCCN(CC(=O)OCC)C(=O)CC(=O)OCC. The lowest BCUT2D eigenvalue weighted by Crippen LogP contribution is -2.38. The molecule has 21 heavy (non-hydrogen) atoms. The Balaban J connectivity index is 4.43. The Hall–Kier alpha value is -1.59. The third-order valence-electron chi connectivity index (χ3n) is 2.86. The second-order valence-electron chi connectivity index (χ2n) is 4.66. The summed E-state index contributed by atoms with van der Waals surface area (Å²) in [5, 5.41) is 0. The van der Waals surface area contributed by atoms with Crippen molar-refractivity contribution in [3.8, 4) is 0 Å². The minimum atomic E-state index is -0.565. The van der Waals surface area contributed by atoms with Crippen LogP contribution in [0.4, 0.5) is 0 Å². The van der Waals surface area contributed by atoms with Gasteiger partial charge in [-0.2, -0.15) is 0 Å². The highest BCUT2D eigenvalue weighted by atomic mass is 16.5. The van der Waals surface area contributed by atoms with Crippen LogP contribution in [0.25, 0.3) is 0 Å². The molecule has 0 spiro atoms. The molecule has 0 aliphatic heterocycles. The standard InChI is InChI=1S/C15H27NO5/c1-4-7-8-9-10-16(12-15(19)21-6-3)13(17)11-14(18)20-5-2/h4-12H2,1-3H3. The van der Waals surface area contributed by atoms with E-state index in [4.69, 9.17) is 9.47 Å². The van der Waals surface area contributed by atoms with Gasteiger partial charge in [-0.3, -0.25) is 14.4 Å². The molecular formula is C15H27NO5. The zero-order valence-electron chi connectivity index (χ0n) is 13.4. The van der Waals surface area contributed by atoms with E-state index in [0.29, 0.717) is 6.54 Å². The Morgan fingerprint density at radius 3 is 2.05 bits per heavy atom. The van der Waals surface area contributed by atoms with Crippen molar-refractivity contribution < 1.29 is 23.9 Å². The van der Waals surface area contributed by atoms with Crippen LogP contribution < -0.4 is 0 Å². The van der Waals surface area contributed by atoms with Crippen LogP contribution in [0, 0.1) is 0 Å². The Kier molecular flexibility index (Phi) is 11.3. The summed E-state index contributed by atoms with van der Waals surface area (Å²) in [7, 11) is 0. The third kappa shape index (κ3) is 9.87. The largest absolute Gasteiger partial charge is 0.466 e. The summed E-state index contributed by atoms with van der Waals surface area (Å²) in [6, 6.07) is 0. The lowest BCUT2D eigenvalue weighted by Gasteiger charge is -2.21. The van der Waals surface area contributed by atoms with E-state index < -0.39 is 17.8 Å². The molecule has 0 radical (unpaired) electrons. The fourth-order valence-corrected chi connectivity index (χ4v) is 1.83. The molecule has 122 valence electrons. The first-order valence-corrected chi connectivity index (χ1v) is 7.64. The molecule has 0 unspecified atom stereocenters. The molecule has 1 amide bonds. The lowest BCUT2D eigenvalue weighted by atomic mass is 10.2. The highest BCUT2D eigenvalue weighted by Crippen LogP contribution is 2.04. The van der Waals surface area contributed by atoms with Gasteiger partial charge in [0.15, 0.2) is 0 Å². The number of ether oxygens (including phenoxy) is 2. The van der Waals surface area contributed by atoms with E-state index in [-0.39, 0.29) is 26.2 Å². The summed E-state index contributed by atoms with van der Waals surface area (Å²) in [6.07, 6.45) is 3.64. The van der Waals surface area contributed by atoms with E-state index in [1.165, 1.54) is 4.90 Å². The molecule has 0 saturated carbocycles. The Morgan fingerprint density at radius 1 is 0.857 bits per heavy atom. The van der Waals surface area contributed by atoms with Gasteiger partial charge in [0.2, 0.25) is 5.91 Å². The smallest absolute Gasteiger partial charge is 0.325 e. The van der Waals surface area contributed by atoms with Crippen molar-refractivity contribution in [1.29, 1.82) is 0 Å². The molecule has 6 heteroatoms. The number of carbonyl (C=O) groups excluding carboxylic acids is 3. The van der Waals surface area contributed by atoms with Gasteiger partial charge in [0.25, 0.3) is 0 Å². The number of unbranched alkanes of at least 4 members (excludes halogenated alkanes) is 3. The predicted octanol–water partition coefficient (Wildman–Crippen LogP) is 1.91. The average Bonchev–Trinajstić information content (AvgIpc) is 2.42. The number of amides is 1. The number of hydrogen-bond donors (Lipinski definition) is 0. The zero-order valence-corrected chi connectivity index (χ0v) is 13.4. The second kappa shape index (κ2) is 12.2. The summed E-state index contributed by atoms with van der Waals surface area (Å²) in [6.45, 7) is 6.35. The van der Waals surface area contributed by atoms with Crippen LogP contribution in [0.5, 0.6) is 0 Å². The Bertz CT molecular complexity index is 330. The molecule has 0 aliphatic carbocycles.